The second-order valence-electron chi connectivity index (χ2n) is 15.7. The molecule has 0 saturated carbocycles. The zero-order valence-corrected chi connectivity index (χ0v) is 45.9. The Bertz CT molecular complexity index is 1210. The molecule has 0 aliphatic rings. The summed E-state index contributed by atoms with van der Waals surface area (Å²) in [4.78, 5) is 12.3. The second kappa shape index (κ2) is 60.7. The van der Waals surface area contributed by atoms with Gasteiger partial charge in [0.15, 0.2) is 17.4 Å². The fraction of sp³-hybridized carbons (Fsp3) is 0.935. The summed E-state index contributed by atoms with van der Waals surface area (Å²) in [7, 11) is -1.70. The number of nitriles is 2. The van der Waals surface area contributed by atoms with E-state index in [-0.39, 0.29) is 167 Å². The molecule has 0 radical (unpaired) electrons. The van der Waals surface area contributed by atoms with E-state index < -0.39 is 38.3 Å². The summed E-state index contributed by atoms with van der Waals surface area (Å²) in [6, 6.07) is 3.91. The van der Waals surface area contributed by atoms with Crippen LogP contribution in [-0.4, -0.2) is 273 Å². The summed E-state index contributed by atoms with van der Waals surface area (Å²) in [5, 5.41) is 60.0. The highest BCUT2D eigenvalue weighted by Crippen LogP contribution is 2.40. The Balaban J connectivity index is 0. The minimum atomic E-state index is -1.41. The number of carbonyl (C=O) groups is 1. The van der Waals surface area contributed by atoms with Gasteiger partial charge in [-0.3, -0.25) is 0 Å². The van der Waals surface area contributed by atoms with Crippen molar-refractivity contribution in [1.82, 2.24) is 0 Å². The van der Waals surface area contributed by atoms with Crippen molar-refractivity contribution in [3.8, 4) is 12.1 Å². The van der Waals surface area contributed by atoms with Gasteiger partial charge in [-0.15, -0.1) is 0 Å². The van der Waals surface area contributed by atoms with Crippen molar-refractivity contribution in [3.05, 3.63) is 0 Å². The molecule has 0 saturated heterocycles. The molecule has 3 atom stereocenters. The number of ether oxygens (including phenoxy) is 14. The Morgan fingerprint density at radius 3 is 1.26 bits per heavy atom. The molecule has 0 aliphatic heterocycles. The zero-order valence-electron chi connectivity index (χ0n) is 44.0. The molecule has 0 aromatic carbocycles. The number of aliphatic hydroxyl groups excluding tert-OH is 5. The molecule has 0 aliphatic carbocycles. The number of hydrogen-bond donors (Lipinski definition) is 5. The zero-order chi connectivity index (χ0) is 54.7. The quantitative estimate of drug-likeness (QED) is 0.0318. The SMILES string of the molecule is CC(C)(C)OC(=O)COC(COCCOCCOPOC(COCCOCCO)COCCOCCO)COCCOCCOP(CCCC#N)OC(COCCOCCO)COCCOCCO.N#CCCO. The van der Waals surface area contributed by atoms with Crippen LogP contribution in [-0.2, 0) is 89.2 Å². The molecule has 0 fully saturated rings. The molecule has 438 valence electrons. The molecule has 0 spiro atoms. The molecule has 0 heterocycles. The molecular formula is C46H90N2O24P2. The summed E-state index contributed by atoms with van der Waals surface area (Å²) in [5.74, 6) is -0.515. The molecule has 0 bridgehead atoms. The van der Waals surface area contributed by atoms with Crippen LogP contribution in [0.5, 0.6) is 0 Å². The normalized spacial score (nSPS) is 12.6. The standard InChI is InChI=1S/C43H85NO23P2.C3H5NO/c1-43(2,3)65-42(49)38-62-39(32-56-25-19-54-27-29-63-68-66-40(34-58-21-15-50-11-7-45)35-59-22-16-51-12-8-46)33-57-26-20-55-28-30-64-69(31-5-4-6-44)67-41(36-60-23-17-52-13-9-47)37-61-24-18-53-14-10-48;4-2-1-3-5/h39-41,45-48,68H,4-5,7-38H2,1-3H3;5H,1,3H2. The second-order valence-corrected chi connectivity index (χ2v) is 18.0. The molecule has 26 nitrogen and oxygen atoms in total. The Hall–Kier alpha value is -1.57. The molecule has 28 heteroatoms. The minimum Gasteiger partial charge on any atom is -0.458 e. The van der Waals surface area contributed by atoms with Crippen molar-refractivity contribution in [2.24, 2.45) is 0 Å². The molecule has 0 aromatic rings. The van der Waals surface area contributed by atoms with Crippen LogP contribution in [0.15, 0.2) is 0 Å². The molecule has 5 N–H and O–H groups in total. The number of esters is 1. The maximum Gasteiger partial charge on any atom is 0.332 e. The van der Waals surface area contributed by atoms with Gasteiger partial charge in [-0.05, 0) is 27.2 Å². The van der Waals surface area contributed by atoms with E-state index in [1.54, 1.807) is 26.8 Å². The Morgan fingerprint density at radius 2 is 0.865 bits per heavy atom. The van der Waals surface area contributed by atoms with Crippen molar-refractivity contribution in [3.63, 3.8) is 0 Å². The Morgan fingerprint density at radius 1 is 0.486 bits per heavy atom. The smallest absolute Gasteiger partial charge is 0.332 e. The number of aliphatic hydroxyl groups is 5. The third-order valence-corrected chi connectivity index (χ3v) is 10.5. The summed E-state index contributed by atoms with van der Waals surface area (Å²) < 4.78 is 101. The van der Waals surface area contributed by atoms with Gasteiger partial charge in [0.1, 0.15) is 30.5 Å². The number of nitrogens with zero attached hydrogens (tertiary/aromatic N) is 2. The van der Waals surface area contributed by atoms with Gasteiger partial charge in [0.2, 0.25) is 0 Å². The lowest BCUT2D eigenvalue weighted by atomic mass is 10.2. The summed E-state index contributed by atoms with van der Waals surface area (Å²) in [6.07, 6.45) is 0.259. The van der Waals surface area contributed by atoms with E-state index in [9.17, 15) is 4.79 Å². The van der Waals surface area contributed by atoms with Crippen LogP contribution in [0.1, 0.15) is 40.0 Å². The summed E-state index contributed by atoms with van der Waals surface area (Å²) >= 11 is 0. The van der Waals surface area contributed by atoms with E-state index in [4.69, 9.17) is 120 Å². The van der Waals surface area contributed by atoms with E-state index in [1.165, 1.54) is 0 Å². The first-order valence-corrected chi connectivity index (χ1v) is 26.9. The lowest BCUT2D eigenvalue weighted by molar-refractivity contribution is -0.165. The first-order valence-electron chi connectivity index (χ1n) is 24.7. The fourth-order valence-electron chi connectivity index (χ4n) is 4.89. The fourth-order valence-corrected chi connectivity index (χ4v) is 6.84. The van der Waals surface area contributed by atoms with Gasteiger partial charge in [0.05, 0.1) is 223 Å². The van der Waals surface area contributed by atoms with Crippen molar-refractivity contribution in [1.29, 1.82) is 10.5 Å². The number of hydrogen-bond acceptors (Lipinski definition) is 26. The largest absolute Gasteiger partial charge is 0.458 e. The van der Waals surface area contributed by atoms with Crippen molar-refractivity contribution >= 4 is 23.4 Å². The first kappa shape index (κ1) is 74.5. The Labute approximate surface area is 441 Å². The number of carbonyl (C=O) groups excluding carboxylic acids is 1. The van der Waals surface area contributed by atoms with Crippen molar-refractivity contribution in [2.45, 2.75) is 63.9 Å². The highest BCUT2D eigenvalue weighted by molar-refractivity contribution is 7.47. The van der Waals surface area contributed by atoms with Crippen LogP contribution >= 0.6 is 17.4 Å². The number of unbranched alkanes of at least 4 members (excludes halogenated alkanes) is 1. The van der Waals surface area contributed by atoms with Crippen LogP contribution in [0.25, 0.3) is 0 Å². The van der Waals surface area contributed by atoms with E-state index in [0.29, 0.717) is 78.5 Å². The molecular weight excluding hydrogens is 1030 g/mol. The minimum absolute atomic E-state index is 0.0174. The molecule has 74 heavy (non-hydrogen) atoms. The van der Waals surface area contributed by atoms with Crippen LogP contribution in [0.2, 0.25) is 0 Å². The van der Waals surface area contributed by atoms with E-state index in [2.05, 4.69) is 6.07 Å². The molecule has 0 rings (SSSR count). The van der Waals surface area contributed by atoms with Gasteiger partial charge >= 0.3 is 5.97 Å². The first-order chi connectivity index (χ1) is 36.1. The molecule has 0 aromatic heterocycles. The average Bonchev–Trinajstić information content (AvgIpc) is 3.37. The predicted octanol–water partition coefficient (Wildman–Crippen LogP) is 0.702. The van der Waals surface area contributed by atoms with Gasteiger partial charge < -0.3 is 110 Å². The van der Waals surface area contributed by atoms with Crippen LogP contribution in [0.3, 0.4) is 0 Å². The van der Waals surface area contributed by atoms with Gasteiger partial charge in [-0.25, -0.2) is 4.79 Å². The molecule has 0 amide bonds. The van der Waals surface area contributed by atoms with Gasteiger partial charge in [0, 0.05) is 12.6 Å². The molecule has 3 unspecified atom stereocenters. The van der Waals surface area contributed by atoms with Crippen molar-refractivity contribution < 1.29 is 115 Å². The Kier molecular flexibility index (Phi) is 61.1. The van der Waals surface area contributed by atoms with Crippen LogP contribution < -0.4 is 0 Å². The van der Waals surface area contributed by atoms with Crippen molar-refractivity contribution in [2.75, 3.05) is 218 Å². The maximum atomic E-state index is 12.3. The monoisotopic (exact) mass is 1120 g/mol. The van der Waals surface area contributed by atoms with Gasteiger partial charge in [-0.1, -0.05) is 0 Å². The topological polar surface area (TPSA) is 332 Å². The predicted molar refractivity (Wildman–Crippen MR) is 268 cm³/mol. The lowest BCUT2D eigenvalue weighted by Gasteiger charge is -2.24. The highest BCUT2D eigenvalue weighted by atomic mass is 31.2. The highest BCUT2D eigenvalue weighted by Gasteiger charge is 2.21. The van der Waals surface area contributed by atoms with E-state index in [0.717, 1.165) is 0 Å². The van der Waals surface area contributed by atoms with Crippen LogP contribution in [0, 0.1) is 22.7 Å². The third kappa shape index (κ3) is 59.7. The third-order valence-electron chi connectivity index (χ3n) is 8.04. The van der Waals surface area contributed by atoms with Gasteiger partial charge in [0.25, 0.3) is 0 Å². The maximum absolute atomic E-state index is 12.3. The average molecular weight is 1120 g/mol. The van der Waals surface area contributed by atoms with E-state index in [1.807, 2.05) is 0 Å². The van der Waals surface area contributed by atoms with Gasteiger partial charge in [-0.2, -0.15) is 10.5 Å². The van der Waals surface area contributed by atoms with Crippen LogP contribution in [0.4, 0.5) is 0 Å². The van der Waals surface area contributed by atoms with E-state index >= 15 is 0 Å². The summed E-state index contributed by atoms with van der Waals surface area (Å²) in [6.45, 7) is 11.4. The number of rotatable bonds is 57. The lowest BCUT2D eigenvalue weighted by Crippen LogP contribution is -2.32. The summed E-state index contributed by atoms with van der Waals surface area (Å²) in [5.41, 5.74) is -0.668.